The number of hydrogen-bond acceptors (Lipinski definition) is 2. The molecule has 0 aliphatic rings. The van der Waals surface area contributed by atoms with Gasteiger partial charge in [-0.15, -0.1) is 0 Å². The Hall–Kier alpha value is -0.770. The van der Waals surface area contributed by atoms with E-state index in [1.54, 1.807) is 6.07 Å². The number of furan rings is 1. The van der Waals surface area contributed by atoms with Gasteiger partial charge in [-0.1, -0.05) is 29.8 Å². The van der Waals surface area contributed by atoms with E-state index in [0.717, 1.165) is 6.42 Å². The molecule has 0 saturated carbocycles. The Morgan fingerprint density at radius 1 is 1.60 bits per heavy atom. The van der Waals surface area contributed by atoms with Crippen molar-refractivity contribution in [3.05, 3.63) is 24.2 Å². The maximum absolute atomic E-state index is 11.5. The molecule has 0 radical (unpaired) electrons. The molecule has 0 fully saturated rings. The van der Waals surface area contributed by atoms with E-state index < -0.39 is 0 Å². The smallest absolute Gasteiger partial charge is 0.254 e. The third-order valence-corrected chi connectivity index (χ3v) is 2.69. The molecule has 1 atom stereocenters. The summed E-state index contributed by atoms with van der Waals surface area (Å²) in [5.74, 6) is 0.539. The molecule has 1 N–H and O–H groups in total. The molecule has 84 valence electrons. The number of alkyl halides is 1. The van der Waals surface area contributed by atoms with Crippen molar-refractivity contribution >= 4 is 21.8 Å². The number of carbonyl (C=O) groups is 1. The van der Waals surface area contributed by atoms with Crippen LogP contribution in [0.5, 0.6) is 0 Å². The highest BCUT2D eigenvalue weighted by molar-refractivity contribution is 9.09. The second kappa shape index (κ2) is 5.95. The van der Waals surface area contributed by atoms with Gasteiger partial charge in [-0.25, -0.2) is 0 Å². The van der Waals surface area contributed by atoms with Crippen molar-refractivity contribution in [3.8, 4) is 0 Å². The van der Waals surface area contributed by atoms with Gasteiger partial charge in [-0.05, 0) is 18.4 Å². The monoisotopic (exact) mass is 273 g/mol. The van der Waals surface area contributed by atoms with E-state index >= 15 is 0 Å². The molecule has 1 rings (SSSR count). The maximum atomic E-state index is 11.5. The molecule has 3 nitrogen and oxygen atoms in total. The molecule has 1 heterocycles. The van der Waals surface area contributed by atoms with Gasteiger partial charge in [0.1, 0.15) is 6.26 Å². The Bertz CT molecular complexity index is 296. The Kier molecular flexibility index (Phi) is 4.88. The minimum atomic E-state index is -0.0862. The van der Waals surface area contributed by atoms with Gasteiger partial charge in [0.15, 0.2) is 0 Å². The van der Waals surface area contributed by atoms with Crippen LogP contribution < -0.4 is 5.32 Å². The van der Waals surface area contributed by atoms with Crippen molar-refractivity contribution in [2.24, 2.45) is 5.92 Å². The number of rotatable bonds is 5. The summed E-state index contributed by atoms with van der Waals surface area (Å²) in [6, 6.07) is 1.65. The van der Waals surface area contributed by atoms with E-state index in [9.17, 15) is 4.79 Å². The fourth-order valence-corrected chi connectivity index (χ4v) is 2.20. The molecule has 1 aromatic rings. The molecule has 0 spiro atoms. The van der Waals surface area contributed by atoms with E-state index in [4.69, 9.17) is 4.42 Å². The van der Waals surface area contributed by atoms with Crippen LogP contribution in [0.4, 0.5) is 0 Å². The average molecular weight is 274 g/mol. The van der Waals surface area contributed by atoms with Gasteiger partial charge in [0, 0.05) is 11.4 Å². The minimum Gasteiger partial charge on any atom is -0.472 e. The molecule has 0 aliphatic heterocycles. The van der Waals surface area contributed by atoms with Crippen LogP contribution in [-0.2, 0) is 0 Å². The number of halogens is 1. The van der Waals surface area contributed by atoms with Crippen molar-refractivity contribution in [3.63, 3.8) is 0 Å². The van der Waals surface area contributed by atoms with Crippen molar-refractivity contribution in [1.82, 2.24) is 5.32 Å². The van der Waals surface area contributed by atoms with Gasteiger partial charge in [0.05, 0.1) is 11.8 Å². The van der Waals surface area contributed by atoms with Crippen LogP contribution in [0.15, 0.2) is 23.0 Å². The number of nitrogens with one attached hydrogen (secondary N) is 1. The first-order valence-electron chi connectivity index (χ1n) is 5.04. The molecule has 1 aromatic heterocycles. The van der Waals surface area contributed by atoms with Crippen LogP contribution in [0.3, 0.4) is 0 Å². The van der Waals surface area contributed by atoms with Gasteiger partial charge in [-0.3, -0.25) is 4.79 Å². The van der Waals surface area contributed by atoms with E-state index in [1.807, 2.05) is 0 Å². The lowest BCUT2D eigenvalue weighted by molar-refractivity contribution is 0.0952. The summed E-state index contributed by atoms with van der Waals surface area (Å²) in [5, 5.41) is 2.84. The van der Waals surface area contributed by atoms with Crippen molar-refractivity contribution in [2.45, 2.75) is 25.1 Å². The Labute approximate surface area is 98.4 Å². The van der Waals surface area contributed by atoms with Crippen LogP contribution in [0.2, 0.25) is 0 Å². The second-order valence-corrected chi connectivity index (χ2v) is 5.24. The van der Waals surface area contributed by atoms with E-state index in [1.165, 1.54) is 12.5 Å². The summed E-state index contributed by atoms with van der Waals surface area (Å²) in [5.41, 5.74) is 0.569. The number of carbonyl (C=O) groups excluding carboxylic acids is 1. The normalized spacial score (nSPS) is 12.8. The van der Waals surface area contributed by atoms with Crippen LogP contribution >= 0.6 is 15.9 Å². The highest BCUT2D eigenvalue weighted by Crippen LogP contribution is 2.11. The Balaban J connectivity index is 2.28. The van der Waals surface area contributed by atoms with Crippen molar-refractivity contribution < 1.29 is 9.21 Å². The van der Waals surface area contributed by atoms with Crippen LogP contribution in [0, 0.1) is 5.92 Å². The minimum absolute atomic E-state index is 0.0862. The first-order valence-corrected chi connectivity index (χ1v) is 5.95. The predicted molar refractivity (Wildman–Crippen MR) is 63.2 cm³/mol. The molecule has 4 heteroatoms. The molecule has 15 heavy (non-hydrogen) atoms. The van der Waals surface area contributed by atoms with Crippen LogP contribution in [0.25, 0.3) is 0 Å². The molecule has 1 amide bonds. The molecule has 1 unspecified atom stereocenters. The zero-order valence-electron chi connectivity index (χ0n) is 9.00. The predicted octanol–water partition coefficient (Wildman–Crippen LogP) is 2.82. The lowest BCUT2D eigenvalue weighted by Gasteiger charge is -2.12. The quantitative estimate of drug-likeness (QED) is 0.839. The molecule has 0 aromatic carbocycles. The lowest BCUT2D eigenvalue weighted by Crippen LogP contribution is -2.29. The zero-order valence-corrected chi connectivity index (χ0v) is 10.6. The van der Waals surface area contributed by atoms with Gasteiger partial charge in [-0.2, -0.15) is 0 Å². The van der Waals surface area contributed by atoms with E-state index in [-0.39, 0.29) is 5.91 Å². The number of hydrogen-bond donors (Lipinski definition) is 1. The average Bonchev–Trinajstić information content (AvgIpc) is 2.65. The largest absolute Gasteiger partial charge is 0.472 e. The van der Waals surface area contributed by atoms with Gasteiger partial charge < -0.3 is 9.73 Å². The summed E-state index contributed by atoms with van der Waals surface area (Å²) in [6.45, 7) is 4.96. The first kappa shape index (κ1) is 12.3. The Morgan fingerprint density at radius 2 is 2.33 bits per heavy atom. The highest BCUT2D eigenvalue weighted by Gasteiger charge is 2.10. The maximum Gasteiger partial charge on any atom is 0.254 e. The topological polar surface area (TPSA) is 42.2 Å². The van der Waals surface area contributed by atoms with Gasteiger partial charge in [0.25, 0.3) is 5.91 Å². The molecular weight excluding hydrogens is 258 g/mol. The summed E-state index contributed by atoms with van der Waals surface area (Å²) in [6.07, 6.45) is 3.99. The number of amides is 1. The van der Waals surface area contributed by atoms with E-state index in [2.05, 4.69) is 35.1 Å². The standard InChI is InChI=1S/C11H16BrNO2/c1-8(2)5-10(12)6-13-11(14)9-3-4-15-7-9/h3-4,7-8,10H,5-6H2,1-2H3,(H,13,14). The Morgan fingerprint density at radius 3 is 2.87 bits per heavy atom. The summed E-state index contributed by atoms with van der Waals surface area (Å²) >= 11 is 3.53. The van der Waals surface area contributed by atoms with E-state index in [0.29, 0.717) is 22.9 Å². The lowest BCUT2D eigenvalue weighted by atomic mass is 10.1. The third-order valence-electron chi connectivity index (χ3n) is 1.99. The SMILES string of the molecule is CC(C)CC(Br)CNC(=O)c1ccoc1. The third kappa shape index (κ3) is 4.51. The van der Waals surface area contributed by atoms with Crippen LogP contribution in [-0.4, -0.2) is 17.3 Å². The second-order valence-electron chi connectivity index (χ2n) is 3.95. The summed E-state index contributed by atoms with van der Waals surface area (Å²) < 4.78 is 4.83. The zero-order chi connectivity index (χ0) is 11.3. The molecule has 0 saturated heterocycles. The fraction of sp³-hybridized carbons (Fsp3) is 0.545. The molecule has 0 bridgehead atoms. The summed E-state index contributed by atoms with van der Waals surface area (Å²) in [4.78, 5) is 11.8. The van der Waals surface area contributed by atoms with Gasteiger partial charge in [0.2, 0.25) is 0 Å². The van der Waals surface area contributed by atoms with Gasteiger partial charge >= 0.3 is 0 Å². The highest BCUT2D eigenvalue weighted by atomic mass is 79.9. The summed E-state index contributed by atoms with van der Waals surface area (Å²) in [7, 11) is 0. The van der Waals surface area contributed by atoms with Crippen molar-refractivity contribution in [1.29, 1.82) is 0 Å². The molecule has 0 aliphatic carbocycles. The molecular formula is C11H16BrNO2. The first-order chi connectivity index (χ1) is 7.09. The fourth-order valence-electron chi connectivity index (χ4n) is 1.29. The van der Waals surface area contributed by atoms with Crippen molar-refractivity contribution in [2.75, 3.05) is 6.54 Å². The van der Waals surface area contributed by atoms with Crippen LogP contribution in [0.1, 0.15) is 30.6 Å².